The van der Waals surface area contributed by atoms with Gasteiger partial charge >= 0.3 is 12.2 Å². The average molecular weight is 370 g/mol. The molecule has 0 radical (unpaired) electrons. The van der Waals surface area contributed by atoms with Crippen molar-refractivity contribution in [2.75, 3.05) is 19.6 Å². The number of rotatable bonds is 1. The van der Waals surface area contributed by atoms with Gasteiger partial charge in [-0.2, -0.15) is 0 Å². The molecule has 1 N–H and O–H groups in total. The van der Waals surface area contributed by atoms with Crippen LogP contribution in [0.15, 0.2) is 0 Å². The SMILES string of the molecule is CC(C)(C)OC(=O)N1CCC(O)(C2C(=O)CCN2C(=O)OC(C)(C)C)C1. The Labute approximate surface area is 154 Å². The van der Waals surface area contributed by atoms with Gasteiger partial charge in [-0.25, -0.2) is 9.59 Å². The summed E-state index contributed by atoms with van der Waals surface area (Å²) in [6.45, 7) is 10.9. The highest BCUT2D eigenvalue weighted by molar-refractivity contribution is 5.92. The van der Waals surface area contributed by atoms with Gasteiger partial charge in [0, 0.05) is 19.5 Å². The number of ether oxygens (including phenoxy) is 2. The van der Waals surface area contributed by atoms with E-state index in [-0.39, 0.29) is 38.3 Å². The number of amides is 2. The topological polar surface area (TPSA) is 96.4 Å². The number of ketones is 1. The molecule has 2 amide bonds. The molecule has 0 aromatic carbocycles. The summed E-state index contributed by atoms with van der Waals surface area (Å²) < 4.78 is 10.7. The number of nitrogens with zero attached hydrogens (tertiary/aromatic N) is 2. The van der Waals surface area contributed by atoms with E-state index < -0.39 is 35.0 Å². The third-order valence-electron chi connectivity index (χ3n) is 4.28. The van der Waals surface area contributed by atoms with Crippen molar-refractivity contribution in [2.24, 2.45) is 0 Å². The maximum absolute atomic E-state index is 12.5. The first kappa shape index (κ1) is 20.5. The van der Waals surface area contributed by atoms with Gasteiger partial charge in [0.25, 0.3) is 0 Å². The molecule has 8 heteroatoms. The number of carbonyl (C=O) groups is 3. The van der Waals surface area contributed by atoms with Gasteiger partial charge in [-0.15, -0.1) is 0 Å². The summed E-state index contributed by atoms with van der Waals surface area (Å²) in [5.41, 5.74) is -2.85. The smallest absolute Gasteiger partial charge is 0.411 e. The molecule has 2 rings (SSSR count). The second kappa shape index (κ2) is 6.72. The zero-order chi connectivity index (χ0) is 19.9. The zero-order valence-electron chi connectivity index (χ0n) is 16.5. The van der Waals surface area contributed by atoms with Crippen LogP contribution in [0.1, 0.15) is 54.4 Å². The highest BCUT2D eigenvalue weighted by Crippen LogP contribution is 2.34. The fourth-order valence-corrected chi connectivity index (χ4v) is 3.30. The van der Waals surface area contributed by atoms with Gasteiger partial charge in [-0.3, -0.25) is 9.69 Å². The normalized spacial score (nSPS) is 27.0. The van der Waals surface area contributed by atoms with Crippen molar-refractivity contribution < 1.29 is 29.0 Å². The number of β-amino-alcohol motifs (C(OH)–C–C–N with tert-alkyl or cyclic N) is 1. The summed E-state index contributed by atoms with van der Waals surface area (Å²) in [6.07, 6.45) is -0.805. The van der Waals surface area contributed by atoms with Crippen molar-refractivity contribution in [3.8, 4) is 0 Å². The Balaban J connectivity index is 2.13. The summed E-state index contributed by atoms with van der Waals surface area (Å²) in [5, 5.41) is 11.1. The lowest BCUT2D eigenvalue weighted by molar-refractivity contribution is -0.128. The fourth-order valence-electron chi connectivity index (χ4n) is 3.30. The molecule has 0 aromatic rings. The maximum atomic E-state index is 12.5. The van der Waals surface area contributed by atoms with E-state index >= 15 is 0 Å². The fraction of sp³-hybridized carbons (Fsp3) is 0.833. The van der Waals surface area contributed by atoms with Crippen molar-refractivity contribution in [1.82, 2.24) is 9.80 Å². The minimum Gasteiger partial charge on any atom is -0.444 e. The van der Waals surface area contributed by atoms with Crippen LogP contribution in [0.5, 0.6) is 0 Å². The van der Waals surface area contributed by atoms with Crippen LogP contribution in [0.25, 0.3) is 0 Å². The predicted octanol–water partition coefficient (Wildman–Crippen LogP) is 1.94. The molecule has 0 spiro atoms. The Morgan fingerprint density at radius 1 is 1.04 bits per heavy atom. The molecule has 2 saturated heterocycles. The third kappa shape index (κ3) is 4.66. The lowest BCUT2D eigenvalue weighted by atomic mass is 9.90. The Bertz CT molecular complexity index is 591. The Kier molecular flexibility index (Phi) is 5.29. The molecule has 0 saturated carbocycles. The molecule has 8 nitrogen and oxygen atoms in total. The minimum absolute atomic E-state index is 0.0579. The van der Waals surface area contributed by atoms with Crippen molar-refractivity contribution in [1.29, 1.82) is 0 Å². The molecule has 0 aromatic heterocycles. The molecule has 148 valence electrons. The zero-order valence-corrected chi connectivity index (χ0v) is 16.5. The van der Waals surface area contributed by atoms with Crippen LogP contribution < -0.4 is 0 Å². The molecule has 2 atom stereocenters. The minimum atomic E-state index is -1.50. The van der Waals surface area contributed by atoms with E-state index in [4.69, 9.17) is 9.47 Å². The van der Waals surface area contributed by atoms with Crippen LogP contribution >= 0.6 is 0 Å². The third-order valence-corrected chi connectivity index (χ3v) is 4.28. The molecule has 0 aliphatic carbocycles. The number of aliphatic hydroxyl groups is 1. The molecular weight excluding hydrogens is 340 g/mol. The van der Waals surface area contributed by atoms with Crippen LogP contribution in [-0.4, -0.2) is 75.4 Å². The predicted molar refractivity (Wildman–Crippen MR) is 93.7 cm³/mol. The molecular formula is C18H30N2O6. The quantitative estimate of drug-likeness (QED) is 0.758. The van der Waals surface area contributed by atoms with Crippen LogP contribution in [0, 0.1) is 0 Å². The first-order chi connectivity index (χ1) is 11.7. The molecule has 2 unspecified atom stereocenters. The van der Waals surface area contributed by atoms with Crippen molar-refractivity contribution in [3.63, 3.8) is 0 Å². The van der Waals surface area contributed by atoms with E-state index in [9.17, 15) is 19.5 Å². The molecule has 2 heterocycles. The molecule has 2 aliphatic heterocycles. The Morgan fingerprint density at radius 3 is 2.12 bits per heavy atom. The number of carbonyl (C=O) groups excluding carboxylic acids is 3. The molecule has 0 bridgehead atoms. The highest BCUT2D eigenvalue weighted by atomic mass is 16.6. The number of hydrogen-bond acceptors (Lipinski definition) is 6. The van der Waals surface area contributed by atoms with E-state index in [0.717, 1.165) is 0 Å². The second-order valence-electron chi connectivity index (χ2n) is 9.05. The van der Waals surface area contributed by atoms with E-state index in [0.29, 0.717) is 0 Å². The first-order valence-electron chi connectivity index (χ1n) is 8.94. The molecule has 2 fully saturated rings. The number of Topliss-reactive ketones (excluding diaryl/α,β-unsaturated/α-hetero) is 1. The summed E-state index contributed by atoms with van der Waals surface area (Å²) >= 11 is 0. The van der Waals surface area contributed by atoms with Gasteiger partial charge in [0.1, 0.15) is 22.8 Å². The summed E-state index contributed by atoms with van der Waals surface area (Å²) in [4.78, 5) is 39.8. The Morgan fingerprint density at radius 2 is 1.58 bits per heavy atom. The first-order valence-corrected chi connectivity index (χ1v) is 8.94. The van der Waals surface area contributed by atoms with Gasteiger partial charge < -0.3 is 19.5 Å². The van der Waals surface area contributed by atoms with Crippen molar-refractivity contribution >= 4 is 18.0 Å². The van der Waals surface area contributed by atoms with Gasteiger partial charge in [0.05, 0.1) is 6.54 Å². The monoisotopic (exact) mass is 370 g/mol. The van der Waals surface area contributed by atoms with E-state index in [1.54, 1.807) is 41.5 Å². The molecule has 2 aliphatic rings. The van der Waals surface area contributed by atoms with E-state index in [1.807, 2.05) is 0 Å². The maximum Gasteiger partial charge on any atom is 0.411 e. The summed E-state index contributed by atoms with van der Waals surface area (Å²) in [7, 11) is 0. The summed E-state index contributed by atoms with van der Waals surface area (Å²) in [6, 6.07) is -1.01. The summed E-state index contributed by atoms with van der Waals surface area (Å²) in [5.74, 6) is -0.218. The van der Waals surface area contributed by atoms with Crippen LogP contribution in [0.2, 0.25) is 0 Å². The lowest BCUT2D eigenvalue weighted by Gasteiger charge is -2.35. The second-order valence-corrected chi connectivity index (χ2v) is 9.05. The van der Waals surface area contributed by atoms with E-state index in [2.05, 4.69) is 0 Å². The van der Waals surface area contributed by atoms with E-state index in [1.165, 1.54) is 9.80 Å². The van der Waals surface area contributed by atoms with Crippen molar-refractivity contribution in [3.05, 3.63) is 0 Å². The number of hydrogen-bond donors (Lipinski definition) is 1. The lowest BCUT2D eigenvalue weighted by Crippen LogP contribution is -2.57. The van der Waals surface area contributed by atoms with Gasteiger partial charge in [-0.05, 0) is 48.0 Å². The van der Waals surface area contributed by atoms with Crippen molar-refractivity contribution in [2.45, 2.75) is 77.2 Å². The van der Waals surface area contributed by atoms with Crippen LogP contribution in [0.3, 0.4) is 0 Å². The molecule has 26 heavy (non-hydrogen) atoms. The van der Waals surface area contributed by atoms with Gasteiger partial charge in [0.2, 0.25) is 0 Å². The Hall–Kier alpha value is -1.83. The van der Waals surface area contributed by atoms with Crippen LogP contribution in [-0.2, 0) is 14.3 Å². The largest absolute Gasteiger partial charge is 0.444 e. The van der Waals surface area contributed by atoms with Gasteiger partial charge in [0.15, 0.2) is 5.78 Å². The number of likely N-dealkylation sites (tertiary alicyclic amines) is 2. The van der Waals surface area contributed by atoms with Gasteiger partial charge in [-0.1, -0.05) is 0 Å². The average Bonchev–Trinajstić information content (AvgIpc) is 2.99. The standard InChI is InChI=1S/C18H30N2O6/c1-16(2,3)25-14(22)19-10-8-18(24,11-19)13-12(21)7-9-20(13)15(23)26-17(4,5)6/h13,24H,7-11H2,1-6H3. The van der Waals surface area contributed by atoms with Crippen LogP contribution in [0.4, 0.5) is 9.59 Å². The highest BCUT2D eigenvalue weighted by Gasteiger charge is 2.54.